The number of benzene rings is 1. The van der Waals surface area contributed by atoms with Crippen LogP contribution in [0.2, 0.25) is 0 Å². The molecule has 0 bridgehead atoms. The van der Waals surface area contributed by atoms with Crippen LogP contribution < -0.4 is 5.32 Å². The SMILES string of the molecule is CNCC1CCCN(C(=O)C2CC=CCC2c2nc3ccccc3s2)C1. The first-order valence-electron chi connectivity index (χ1n) is 9.70. The third-order valence-corrected chi connectivity index (χ3v) is 6.87. The number of rotatable bonds is 4. The van der Waals surface area contributed by atoms with Gasteiger partial charge in [0, 0.05) is 19.0 Å². The summed E-state index contributed by atoms with van der Waals surface area (Å²) < 4.78 is 1.22. The third kappa shape index (κ3) is 3.55. The van der Waals surface area contributed by atoms with Crippen molar-refractivity contribution in [1.29, 1.82) is 0 Å². The van der Waals surface area contributed by atoms with Gasteiger partial charge >= 0.3 is 0 Å². The fourth-order valence-corrected chi connectivity index (χ4v) is 5.51. The summed E-state index contributed by atoms with van der Waals surface area (Å²) in [5.74, 6) is 1.17. The maximum atomic E-state index is 13.4. The topological polar surface area (TPSA) is 45.2 Å². The van der Waals surface area contributed by atoms with Crippen LogP contribution in [0.4, 0.5) is 0 Å². The summed E-state index contributed by atoms with van der Waals surface area (Å²) in [4.78, 5) is 20.3. The lowest BCUT2D eigenvalue weighted by molar-refractivity contribution is -0.138. The smallest absolute Gasteiger partial charge is 0.226 e. The number of likely N-dealkylation sites (tertiary alicyclic amines) is 1. The van der Waals surface area contributed by atoms with Gasteiger partial charge in [0.25, 0.3) is 0 Å². The Balaban J connectivity index is 1.55. The van der Waals surface area contributed by atoms with Gasteiger partial charge in [-0.1, -0.05) is 24.3 Å². The Morgan fingerprint density at radius 1 is 1.31 bits per heavy atom. The number of carbonyl (C=O) groups is 1. The Labute approximate surface area is 159 Å². The molecule has 1 aromatic heterocycles. The molecule has 1 amide bonds. The molecule has 138 valence electrons. The van der Waals surface area contributed by atoms with Crippen LogP contribution in [0.15, 0.2) is 36.4 Å². The molecule has 0 radical (unpaired) electrons. The molecule has 1 N–H and O–H groups in total. The van der Waals surface area contributed by atoms with E-state index in [0.29, 0.717) is 11.8 Å². The number of nitrogens with one attached hydrogen (secondary N) is 1. The zero-order valence-corrected chi connectivity index (χ0v) is 16.2. The summed E-state index contributed by atoms with van der Waals surface area (Å²) in [6.07, 6.45) is 8.50. The largest absolute Gasteiger partial charge is 0.342 e. The molecule has 1 saturated heterocycles. The highest BCUT2D eigenvalue weighted by Crippen LogP contribution is 2.39. The Hall–Kier alpha value is -1.72. The maximum Gasteiger partial charge on any atom is 0.226 e. The molecular weight excluding hydrogens is 342 g/mol. The number of thiazole rings is 1. The molecule has 4 nitrogen and oxygen atoms in total. The van der Waals surface area contributed by atoms with E-state index in [2.05, 4.69) is 40.6 Å². The van der Waals surface area contributed by atoms with Crippen molar-refractivity contribution in [3.63, 3.8) is 0 Å². The van der Waals surface area contributed by atoms with E-state index in [4.69, 9.17) is 4.98 Å². The molecule has 5 heteroatoms. The predicted molar refractivity (Wildman–Crippen MR) is 107 cm³/mol. The molecular formula is C21H27N3OS. The molecule has 3 unspecified atom stereocenters. The van der Waals surface area contributed by atoms with E-state index in [1.54, 1.807) is 11.3 Å². The first-order valence-corrected chi connectivity index (χ1v) is 10.5. The van der Waals surface area contributed by atoms with Gasteiger partial charge in [-0.05, 0) is 57.3 Å². The van der Waals surface area contributed by atoms with Crippen LogP contribution in [0.5, 0.6) is 0 Å². The molecule has 1 aliphatic heterocycles. The first-order chi connectivity index (χ1) is 12.8. The van der Waals surface area contributed by atoms with E-state index in [1.807, 2.05) is 13.1 Å². The van der Waals surface area contributed by atoms with E-state index in [1.165, 1.54) is 11.1 Å². The van der Waals surface area contributed by atoms with Crippen molar-refractivity contribution in [3.05, 3.63) is 41.4 Å². The molecule has 1 fully saturated rings. The van der Waals surface area contributed by atoms with Gasteiger partial charge in [-0.3, -0.25) is 4.79 Å². The van der Waals surface area contributed by atoms with Crippen LogP contribution in [0.25, 0.3) is 10.2 Å². The highest BCUT2D eigenvalue weighted by molar-refractivity contribution is 7.18. The van der Waals surface area contributed by atoms with Crippen LogP contribution in [0.1, 0.15) is 36.6 Å². The molecule has 2 aliphatic rings. The molecule has 4 rings (SSSR count). The lowest BCUT2D eigenvalue weighted by atomic mass is 9.81. The van der Waals surface area contributed by atoms with Crippen molar-refractivity contribution in [2.45, 2.75) is 31.6 Å². The summed E-state index contributed by atoms with van der Waals surface area (Å²) >= 11 is 1.75. The normalized spacial score (nSPS) is 26.3. The van der Waals surface area contributed by atoms with E-state index >= 15 is 0 Å². The Bertz CT molecular complexity index is 764. The number of carbonyl (C=O) groups excluding carboxylic acids is 1. The summed E-state index contributed by atoms with van der Waals surface area (Å²) in [5, 5.41) is 4.39. The molecule has 0 saturated carbocycles. The van der Waals surface area contributed by atoms with Crippen molar-refractivity contribution >= 4 is 27.5 Å². The third-order valence-electron chi connectivity index (χ3n) is 5.70. The number of hydrogen-bond donors (Lipinski definition) is 1. The number of piperidine rings is 1. The second kappa shape index (κ2) is 7.89. The summed E-state index contributed by atoms with van der Waals surface area (Å²) in [6.45, 7) is 2.80. The highest BCUT2D eigenvalue weighted by Gasteiger charge is 2.36. The van der Waals surface area contributed by atoms with E-state index in [-0.39, 0.29) is 11.8 Å². The van der Waals surface area contributed by atoms with Crippen LogP contribution in [0.3, 0.4) is 0 Å². The van der Waals surface area contributed by atoms with Crippen molar-refractivity contribution in [2.75, 3.05) is 26.7 Å². The molecule has 1 aliphatic carbocycles. The van der Waals surface area contributed by atoms with Crippen LogP contribution in [0, 0.1) is 11.8 Å². The number of hydrogen-bond acceptors (Lipinski definition) is 4. The predicted octanol–water partition coefficient (Wildman–Crippen LogP) is 3.80. The number of amides is 1. The maximum absolute atomic E-state index is 13.4. The lowest BCUT2D eigenvalue weighted by Gasteiger charge is -2.37. The minimum absolute atomic E-state index is 0.0360. The second-order valence-corrected chi connectivity index (χ2v) is 8.59. The Kier molecular flexibility index (Phi) is 5.36. The summed E-state index contributed by atoms with van der Waals surface area (Å²) in [6, 6.07) is 8.28. The first kappa shape index (κ1) is 17.7. The monoisotopic (exact) mass is 369 g/mol. The van der Waals surface area contributed by atoms with Crippen molar-refractivity contribution in [3.8, 4) is 0 Å². The average Bonchev–Trinajstić information content (AvgIpc) is 3.12. The van der Waals surface area contributed by atoms with Crippen molar-refractivity contribution in [2.24, 2.45) is 11.8 Å². The summed E-state index contributed by atoms with van der Waals surface area (Å²) in [7, 11) is 2.00. The van der Waals surface area contributed by atoms with Crippen LogP contribution in [-0.2, 0) is 4.79 Å². The van der Waals surface area contributed by atoms with Gasteiger partial charge < -0.3 is 10.2 Å². The standard InChI is InChI=1S/C21H27N3OS/c1-22-13-15-7-6-12-24(14-15)21(25)17-9-3-2-8-16(17)20-23-18-10-4-5-11-19(18)26-20/h2-5,10-11,15-17,22H,6-9,12-14H2,1H3. The van der Waals surface area contributed by atoms with E-state index < -0.39 is 0 Å². The Morgan fingerprint density at radius 2 is 2.15 bits per heavy atom. The minimum Gasteiger partial charge on any atom is -0.342 e. The van der Waals surface area contributed by atoms with Gasteiger partial charge in [0.05, 0.1) is 21.1 Å². The molecule has 2 heterocycles. The van der Waals surface area contributed by atoms with Gasteiger partial charge in [-0.25, -0.2) is 4.98 Å². The van der Waals surface area contributed by atoms with Crippen molar-refractivity contribution < 1.29 is 4.79 Å². The molecule has 1 aromatic carbocycles. The van der Waals surface area contributed by atoms with E-state index in [9.17, 15) is 4.79 Å². The van der Waals surface area contributed by atoms with Crippen molar-refractivity contribution in [1.82, 2.24) is 15.2 Å². The summed E-state index contributed by atoms with van der Waals surface area (Å²) in [5.41, 5.74) is 1.06. The van der Waals surface area contributed by atoms with Gasteiger partial charge in [-0.15, -0.1) is 11.3 Å². The lowest BCUT2D eigenvalue weighted by Crippen LogP contribution is -2.46. The highest BCUT2D eigenvalue weighted by atomic mass is 32.1. The fraction of sp³-hybridized carbons (Fsp3) is 0.524. The quantitative estimate of drug-likeness (QED) is 0.834. The molecule has 2 aromatic rings. The zero-order valence-electron chi connectivity index (χ0n) is 15.4. The minimum atomic E-state index is 0.0360. The van der Waals surface area contributed by atoms with E-state index in [0.717, 1.165) is 49.4 Å². The zero-order chi connectivity index (χ0) is 17.9. The molecule has 3 atom stereocenters. The van der Waals surface area contributed by atoms with Gasteiger partial charge in [0.1, 0.15) is 0 Å². The number of nitrogens with zero attached hydrogens (tertiary/aromatic N) is 2. The van der Waals surface area contributed by atoms with Crippen LogP contribution in [-0.4, -0.2) is 42.5 Å². The van der Waals surface area contributed by atoms with Crippen LogP contribution >= 0.6 is 11.3 Å². The fourth-order valence-electron chi connectivity index (χ4n) is 4.36. The van der Waals surface area contributed by atoms with Gasteiger partial charge in [-0.2, -0.15) is 0 Å². The number of allylic oxidation sites excluding steroid dienone is 2. The number of aromatic nitrogens is 1. The van der Waals surface area contributed by atoms with Gasteiger partial charge in [0.2, 0.25) is 5.91 Å². The Morgan fingerprint density at radius 3 is 3.00 bits per heavy atom. The number of fused-ring (bicyclic) bond motifs is 1. The number of para-hydroxylation sites is 1. The molecule has 0 spiro atoms. The second-order valence-electron chi connectivity index (χ2n) is 7.53. The average molecular weight is 370 g/mol. The molecule has 26 heavy (non-hydrogen) atoms. The van der Waals surface area contributed by atoms with Gasteiger partial charge in [0.15, 0.2) is 0 Å².